The van der Waals surface area contributed by atoms with Gasteiger partial charge in [-0.2, -0.15) is 0 Å². The van der Waals surface area contributed by atoms with E-state index >= 15 is 0 Å². The number of rotatable bonds is 17. The van der Waals surface area contributed by atoms with Gasteiger partial charge in [-0.05, 0) is 59.0 Å². The maximum Gasteiger partial charge on any atom is 0.307 e. The standard InChI is InChI=1S/C37H47ClN4O8S/c1-5-37(4)16-15-30(25-32(37)28(2)26-38)29(3)27-42-19-17-41(18-20-42)21-24-48-34(44)14-13-33(43)47-22-9-10-23-49-35-36(40-50-39-35)51(45,46)31-11-7-6-8-12-31/h5-8,11-12,30,32H,1-3,13-27H2,4H3/t30-,32+,37-/m1/s1. The smallest absolute Gasteiger partial charge is 0.307 e. The summed E-state index contributed by atoms with van der Waals surface area (Å²) in [5.74, 6) is 5.00. The molecule has 0 unspecified atom stereocenters. The summed E-state index contributed by atoms with van der Waals surface area (Å²) in [4.78, 5) is 28.9. The molecule has 0 spiro atoms. The second-order valence-corrected chi connectivity index (χ2v) is 15.1. The summed E-state index contributed by atoms with van der Waals surface area (Å²) >= 11 is 6.17. The molecule has 2 fully saturated rings. The first kappa shape index (κ1) is 39.8. The summed E-state index contributed by atoms with van der Waals surface area (Å²) in [5, 5.41) is 6.47. The number of benzene rings is 1. The van der Waals surface area contributed by atoms with Crippen molar-refractivity contribution in [2.24, 2.45) is 17.3 Å². The molecule has 3 atom stereocenters. The Balaban J connectivity index is 1.05. The number of aromatic nitrogens is 2. The number of sulfone groups is 1. The molecule has 276 valence electrons. The first-order valence-corrected chi connectivity index (χ1v) is 19.0. The van der Waals surface area contributed by atoms with E-state index in [-0.39, 0.29) is 48.9 Å². The predicted octanol–water partition coefficient (Wildman–Crippen LogP) is 4.73. The normalized spacial score (nSPS) is 21.1. The zero-order valence-corrected chi connectivity index (χ0v) is 30.8. The van der Waals surface area contributed by atoms with E-state index in [1.807, 2.05) is 0 Å². The molecular weight excluding hydrogens is 696 g/mol. The van der Waals surface area contributed by atoms with Crippen molar-refractivity contribution in [3.63, 3.8) is 0 Å². The highest BCUT2D eigenvalue weighted by atomic mass is 35.5. The summed E-state index contributed by atoms with van der Waals surface area (Å²) in [7, 11) is -3.99. The van der Waals surface area contributed by atoms with Gasteiger partial charge in [0, 0.05) is 45.1 Å². The number of piperazine rings is 1. The maximum atomic E-state index is 12.7. The van der Waals surface area contributed by atoms with E-state index in [0.29, 0.717) is 24.3 Å². The predicted molar refractivity (Wildman–Crippen MR) is 192 cm³/mol. The van der Waals surface area contributed by atoms with Crippen LogP contribution in [0.25, 0.3) is 0 Å². The van der Waals surface area contributed by atoms with Gasteiger partial charge in [0.2, 0.25) is 9.84 Å². The van der Waals surface area contributed by atoms with Gasteiger partial charge in [0.25, 0.3) is 10.9 Å². The van der Waals surface area contributed by atoms with Crippen molar-refractivity contribution in [2.75, 3.05) is 65.0 Å². The Hall–Kier alpha value is -3.96. The van der Waals surface area contributed by atoms with E-state index in [9.17, 15) is 18.0 Å². The Bertz CT molecular complexity index is 1690. The first-order valence-electron chi connectivity index (χ1n) is 17.0. The van der Waals surface area contributed by atoms with Crippen LogP contribution in [0.15, 0.2) is 81.8 Å². The van der Waals surface area contributed by atoms with Crippen LogP contribution in [0.1, 0.15) is 39.0 Å². The molecule has 12 nitrogen and oxygen atoms in total. The van der Waals surface area contributed by atoms with Gasteiger partial charge in [-0.15, -0.1) is 18.2 Å². The van der Waals surface area contributed by atoms with E-state index in [1.165, 1.54) is 17.7 Å². The molecular formula is C37H47ClN4O8S. The molecule has 1 aliphatic carbocycles. The molecule has 1 aliphatic heterocycles. The molecule has 4 rings (SSSR count). The topological polar surface area (TPSA) is 141 Å². The summed E-state index contributed by atoms with van der Waals surface area (Å²) in [6.07, 6.45) is 4.99. The highest BCUT2D eigenvalue weighted by molar-refractivity contribution is 7.91. The Kier molecular flexibility index (Phi) is 14.9. The summed E-state index contributed by atoms with van der Waals surface area (Å²) in [6, 6.07) is 7.67. The van der Waals surface area contributed by atoms with Gasteiger partial charge in [-0.3, -0.25) is 19.4 Å². The number of carbonyl (C=O) groups excluding carboxylic acids is 2. The van der Waals surface area contributed by atoms with Crippen LogP contribution in [0.4, 0.5) is 0 Å². The molecule has 2 aliphatic rings. The molecule has 0 radical (unpaired) electrons. The van der Waals surface area contributed by atoms with Crippen molar-refractivity contribution < 1.29 is 36.8 Å². The third-order valence-electron chi connectivity index (χ3n) is 9.60. The van der Waals surface area contributed by atoms with Crippen LogP contribution in [-0.4, -0.2) is 105 Å². The zero-order valence-electron chi connectivity index (χ0n) is 29.2. The highest BCUT2D eigenvalue weighted by Crippen LogP contribution is 2.49. The molecule has 51 heavy (non-hydrogen) atoms. The third kappa shape index (κ3) is 11.3. The van der Waals surface area contributed by atoms with Crippen LogP contribution < -0.4 is 4.74 Å². The van der Waals surface area contributed by atoms with Gasteiger partial charge >= 0.3 is 11.9 Å². The molecule has 0 bridgehead atoms. The van der Waals surface area contributed by atoms with E-state index < -0.39 is 26.8 Å². The van der Waals surface area contributed by atoms with E-state index in [2.05, 4.69) is 69.3 Å². The Morgan fingerprint density at radius 2 is 1.69 bits per heavy atom. The van der Waals surface area contributed by atoms with Crippen molar-refractivity contribution in [1.29, 1.82) is 0 Å². The van der Waals surface area contributed by atoms with Crippen LogP contribution >= 0.6 is 11.6 Å². The Morgan fingerprint density at radius 3 is 2.37 bits per heavy atom. The quantitative estimate of drug-likeness (QED) is 0.0958. The molecule has 0 amide bonds. The number of carbonyl (C=O) groups is 2. The van der Waals surface area contributed by atoms with Crippen LogP contribution in [0.5, 0.6) is 5.88 Å². The molecule has 1 saturated carbocycles. The number of alkyl halides is 1. The van der Waals surface area contributed by atoms with Crippen molar-refractivity contribution in [1.82, 2.24) is 20.1 Å². The largest absolute Gasteiger partial charge is 0.464 e. The Morgan fingerprint density at radius 1 is 1.02 bits per heavy atom. The molecule has 1 saturated heterocycles. The van der Waals surface area contributed by atoms with Crippen LogP contribution in [-0.2, 0) is 28.9 Å². The second-order valence-electron chi connectivity index (χ2n) is 13.0. The first-order chi connectivity index (χ1) is 24.5. The van der Waals surface area contributed by atoms with Gasteiger partial charge < -0.3 is 14.2 Å². The Labute approximate surface area is 305 Å². The maximum absolute atomic E-state index is 12.7. The van der Waals surface area contributed by atoms with Gasteiger partial charge in [-0.25, -0.2) is 13.0 Å². The lowest BCUT2D eigenvalue weighted by atomic mass is 9.61. The van der Waals surface area contributed by atoms with Crippen LogP contribution in [0, 0.1) is 29.1 Å². The van der Waals surface area contributed by atoms with E-state index in [0.717, 1.165) is 57.6 Å². The fourth-order valence-electron chi connectivity index (χ4n) is 6.36. The SMILES string of the molecule is C=C[C@]1(C)CC[C@@H](C(=C)CN2CCN(CCOC(=O)CCC(=O)OCC#CCOc3nonc3S(=O)(=O)c3ccccc3)CC2)C[C@H]1C(=C)CCl. The average Bonchev–Trinajstić information content (AvgIpc) is 3.62. The molecule has 2 aromatic rings. The summed E-state index contributed by atoms with van der Waals surface area (Å²) in [6.45, 7) is 19.9. The number of nitrogens with zero attached hydrogens (tertiary/aromatic N) is 4. The zero-order chi connectivity index (χ0) is 36.9. The minimum atomic E-state index is -3.99. The van der Waals surface area contributed by atoms with E-state index in [1.54, 1.807) is 18.2 Å². The van der Waals surface area contributed by atoms with Gasteiger partial charge in [0.15, 0.2) is 13.2 Å². The lowest BCUT2D eigenvalue weighted by Crippen LogP contribution is -2.48. The molecule has 1 aromatic heterocycles. The second kappa shape index (κ2) is 19.0. The number of halogens is 1. The monoisotopic (exact) mass is 742 g/mol. The van der Waals surface area contributed by atoms with Crippen molar-refractivity contribution in [3.8, 4) is 17.7 Å². The van der Waals surface area contributed by atoms with E-state index in [4.69, 9.17) is 25.8 Å². The number of hydrogen-bond acceptors (Lipinski definition) is 12. The molecule has 2 heterocycles. The van der Waals surface area contributed by atoms with Crippen molar-refractivity contribution >= 4 is 33.4 Å². The number of allylic oxidation sites excluding steroid dienone is 2. The van der Waals surface area contributed by atoms with Crippen molar-refractivity contribution in [3.05, 3.63) is 67.3 Å². The summed E-state index contributed by atoms with van der Waals surface area (Å²) in [5.41, 5.74) is 2.37. The number of ether oxygens (including phenoxy) is 3. The average molecular weight is 743 g/mol. The number of esters is 2. The fraction of sp³-hybridized carbons (Fsp3) is 0.514. The minimum Gasteiger partial charge on any atom is -0.464 e. The van der Waals surface area contributed by atoms with Gasteiger partial charge in [-0.1, -0.05) is 67.3 Å². The minimum absolute atomic E-state index is 0.0105. The summed E-state index contributed by atoms with van der Waals surface area (Å²) < 4.78 is 45.6. The van der Waals surface area contributed by atoms with Crippen LogP contribution in [0.2, 0.25) is 0 Å². The molecule has 0 N–H and O–H groups in total. The fourth-order valence-corrected chi connectivity index (χ4v) is 7.74. The lowest BCUT2D eigenvalue weighted by molar-refractivity contribution is -0.149. The molecule has 14 heteroatoms. The number of hydrogen-bond donors (Lipinski definition) is 0. The molecule has 1 aromatic carbocycles. The van der Waals surface area contributed by atoms with Crippen molar-refractivity contribution in [2.45, 2.75) is 48.9 Å². The van der Waals surface area contributed by atoms with Gasteiger partial charge in [0.05, 0.1) is 17.7 Å². The van der Waals surface area contributed by atoms with Gasteiger partial charge in [0.1, 0.15) is 6.61 Å². The van der Waals surface area contributed by atoms with Crippen LogP contribution in [0.3, 0.4) is 0 Å². The third-order valence-corrected chi connectivity index (χ3v) is 11.6. The highest BCUT2D eigenvalue weighted by Gasteiger charge is 2.39. The lowest BCUT2D eigenvalue weighted by Gasteiger charge is -2.45.